The molecule has 0 radical (unpaired) electrons. The van der Waals surface area contributed by atoms with Gasteiger partial charge in [0.05, 0.1) is 24.6 Å². The van der Waals surface area contributed by atoms with Gasteiger partial charge in [-0.25, -0.2) is 19.2 Å². The highest BCUT2D eigenvalue weighted by atomic mass is 19.1. The normalized spacial score (nSPS) is 20.8. The van der Waals surface area contributed by atoms with Gasteiger partial charge in [0.2, 0.25) is 5.95 Å². The van der Waals surface area contributed by atoms with Crippen molar-refractivity contribution in [2.75, 3.05) is 19.0 Å². The minimum absolute atomic E-state index is 0.0451. The third kappa shape index (κ3) is 4.50. The molecular weight excluding hydrogens is 421 g/mol. The van der Waals surface area contributed by atoms with Gasteiger partial charge < -0.3 is 24.8 Å². The van der Waals surface area contributed by atoms with Crippen LogP contribution in [0.3, 0.4) is 0 Å². The average Bonchev–Trinajstić information content (AvgIpc) is 3.44. The van der Waals surface area contributed by atoms with Crippen LogP contribution < -0.4 is 10.6 Å². The van der Waals surface area contributed by atoms with E-state index in [1.165, 1.54) is 0 Å². The molecule has 12 heteroatoms. The fourth-order valence-electron chi connectivity index (χ4n) is 3.46. The van der Waals surface area contributed by atoms with Crippen LogP contribution in [-0.2, 0) is 20.8 Å². The summed E-state index contributed by atoms with van der Waals surface area (Å²) >= 11 is 0. The van der Waals surface area contributed by atoms with E-state index in [1.54, 1.807) is 37.6 Å². The van der Waals surface area contributed by atoms with Crippen LogP contribution in [0.5, 0.6) is 0 Å². The van der Waals surface area contributed by atoms with Crippen LogP contribution >= 0.6 is 0 Å². The third-order valence-electron chi connectivity index (χ3n) is 4.90. The Bertz CT molecular complexity index is 1100. The zero-order chi connectivity index (χ0) is 22.8. The van der Waals surface area contributed by atoms with Crippen molar-refractivity contribution < 1.29 is 23.4 Å². The van der Waals surface area contributed by atoms with Gasteiger partial charge in [-0.2, -0.15) is 5.10 Å². The van der Waals surface area contributed by atoms with E-state index in [0.29, 0.717) is 24.1 Å². The molecule has 32 heavy (non-hydrogen) atoms. The Morgan fingerprint density at radius 1 is 1.47 bits per heavy atom. The molecule has 0 spiro atoms. The lowest BCUT2D eigenvalue weighted by molar-refractivity contribution is 0.0615. The second-order valence-corrected chi connectivity index (χ2v) is 7.90. The summed E-state index contributed by atoms with van der Waals surface area (Å²) < 4.78 is 32.5. The lowest BCUT2D eigenvalue weighted by Gasteiger charge is -2.16. The van der Waals surface area contributed by atoms with Crippen molar-refractivity contribution in [2.24, 2.45) is 0 Å². The fourth-order valence-corrected chi connectivity index (χ4v) is 3.46. The number of anilines is 2. The van der Waals surface area contributed by atoms with Gasteiger partial charge in [0.15, 0.2) is 18.1 Å². The van der Waals surface area contributed by atoms with Crippen LogP contribution in [0.25, 0.3) is 5.65 Å². The quantitative estimate of drug-likeness (QED) is 0.504. The summed E-state index contributed by atoms with van der Waals surface area (Å²) in [5.74, 6) is 0.923. The van der Waals surface area contributed by atoms with Crippen molar-refractivity contribution in [3.8, 4) is 0 Å². The maximum atomic E-state index is 14.9. The molecule has 0 unspecified atom stereocenters. The molecule has 4 heterocycles. The maximum Gasteiger partial charge on any atom is 0.407 e. The second kappa shape index (κ2) is 9.09. The van der Waals surface area contributed by atoms with E-state index in [0.717, 1.165) is 16.9 Å². The summed E-state index contributed by atoms with van der Waals surface area (Å²) in [7, 11) is 1.61. The number of carbonyl (C=O) groups excluding carboxylic acids is 1. The molecule has 3 aromatic rings. The maximum absolute atomic E-state index is 14.9. The number of ether oxygens (including phenoxy) is 3. The highest BCUT2D eigenvalue weighted by molar-refractivity contribution is 5.67. The predicted molar refractivity (Wildman–Crippen MR) is 112 cm³/mol. The summed E-state index contributed by atoms with van der Waals surface area (Å²) in [6.45, 7) is 5.83. The van der Waals surface area contributed by atoms with E-state index < -0.39 is 24.5 Å². The topological polar surface area (TPSA) is 128 Å². The summed E-state index contributed by atoms with van der Waals surface area (Å²) in [4.78, 5) is 20.7. The number of hydrogen-bond donors (Lipinski definition) is 3. The lowest BCUT2D eigenvalue weighted by atomic mass is 10.1. The van der Waals surface area contributed by atoms with Crippen LogP contribution in [0.4, 0.5) is 21.0 Å². The highest BCUT2D eigenvalue weighted by Crippen LogP contribution is 2.33. The van der Waals surface area contributed by atoms with Crippen LogP contribution in [0, 0.1) is 6.92 Å². The number of carbonyl (C=O) groups is 1. The van der Waals surface area contributed by atoms with E-state index >= 15 is 0 Å². The van der Waals surface area contributed by atoms with Crippen LogP contribution in [-0.4, -0.2) is 62.7 Å². The minimum atomic E-state index is -1.53. The van der Waals surface area contributed by atoms with Gasteiger partial charge in [0.25, 0.3) is 0 Å². The summed E-state index contributed by atoms with van der Waals surface area (Å²) in [5, 5.41) is 12.6. The Labute approximate surface area is 183 Å². The van der Waals surface area contributed by atoms with E-state index in [-0.39, 0.29) is 12.6 Å². The first-order valence-electron chi connectivity index (χ1n) is 10.2. The van der Waals surface area contributed by atoms with Crippen molar-refractivity contribution in [3.05, 3.63) is 35.4 Å². The molecule has 3 N–H and O–H groups in total. The molecule has 11 nitrogen and oxygen atoms in total. The zero-order valence-corrected chi connectivity index (χ0v) is 18.3. The number of fused-ring (bicyclic) bond motifs is 1. The molecule has 3 atom stereocenters. The Morgan fingerprint density at radius 3 is 3.03 bits per heavy atom. The van der Waals surface area contributed by atoms with E-state index in [9.17, 15) is 9.18 Å². The molecule has 1 saturated heterocycles. The number of aromatic nitrogens is 5. The van der Waals surface area contributed by atoms with Crippen LogP contribution in [0.15, 0.2) is 18.5 Å². The molecule has 0 aromatic carbocycles. The van der Waals surface area contributed by atoms with Gasteiger partial charge >= 0.3 is 6.09 Å². The number of alkyl halides is 1. The van der Waals surface area contributed by atoms with Crippen molar-refractivity contribution in [1.29, 1.82) is 0 Å². The van der Waals surface area contributed by atoms with Crippen molar-refractivity contribution in [3.63, 3.8) is 0 Å². The van der Waals surface area contributed by atoms with Crippen molar-refractivity contribution in [1.82, 2.24) is 29.9 Å². The molecule has 1 amide bonds. The first kappa shape index (κ1) is 22.0. The number of aryl methyl sites for hydroxylation is 1. The number of nitrogens with one attached hydrogen (secondary N) is 3. The summed E-state index contributed by atoms with van der Waals surface area (Å²) in [6, 6.07) is 1.52. The fraction of sp³-hybridized carbons (Fsp3) is 0.500. The van der Waals surface area contributed by atoms with E-state index in [1.807, 2.05) is 13.1 Å². The number of rotatable bonds is 7. The summed E-state index contributed by atoms with van der Waals surface area (Å²) in [6.07, 6.45) is -0.598. The Hall–Kier alpha value is -3.25. The number of nitrogens with zero attached hydrogens (tertiary/aromatic N) is 4. The van der Waals surface area contributed by atoms with Crippen LogP contribution in [0.2, 0.25) is 0 Å². The van der Waals surface area contributed by atoms with Crippen LogP contribution in [0.1, 0.15) is 36.9 Å². The zero-order valence-electron chi connectivity index (χ0n) is 18.3. The number of halogens is 1. The average molecular weight is 447 g/mol. The molecule has 172 valence electrons. The van der Waals surface area contributed by atoms with E-state index in [2.05, 4.69) is 30.8 Å². The van der Waals surface area contributed by atoms with Gasteiger partial charge in [0, 0.05) is 37.2 Å². The van der Waals surface area contributed by atoms with Gasteiger partial charge in [-0.3, -0.25) is 9.50 Å². The number of methoxy groups -OCH3 is 1. The predicted octanol–water partition coefficient (Wildman–Crippen LogP) is 2.56. The van der Waals surface area contributed by atoms with Gasteiger partial charge in [-0.05, 0) is 20.8 Å². The molecule has 0 aliphatic carbocycles. The Balaban J connectivity index is 1.47. The number of hydrogen-bond acceptors (Lipinski definition) is 8. The van der Waals surface area contributed by atoms with Gasteiger partial charge in [-0.1, -0.05) is 0 Å². The monoisotopic (exact) mass is 447 g/mol. The largest absolute Gasteiger partial charge is 0.441 e. The molecule has 1 fully saturated rings. The third-order valence-corrected chi connectivity index (χ3v) is 4.90. The standard InChI is InChI=1S/C20H26FN7O4/c1-10(2)23-20(29)32-14-9-31-17(16(14)21)13-5-15(27-26-13)25-19-22-6-11(3)18-24-12(8-30-4)7-28(18)19/h5-7,10,14,16-17H,8-9H2,1-4H3,(H,23,29)(H2,22,25,26,27)/t14-,16-,17-/m0/s1. The summed E-state index contributed by atoms with van der Waals surface area (Å²) in [5.41, 5.74) is 2.84. The molecule has 1 aliphatic heterocycles. The molecule has 0 bridgehead atoms. The Kier molecular flexibility index (Phi) is 6.24. The minimum Gasteiger partial charge on any atom is -0.441 e. The first-order valence-corrected chi connectivity index (χ1v) is 10.2. The number of alkyl carbamates (subject to hydrolysis) is 1. The van der Waals surface area contributed by atoms with Gasteiger partial charge in [0.1, 0.15) is 11.8 Å². The number of imidazole rings is 1. The van der Waals surface area contributed by atoms with Crippen molar-refractivity contribution in [2.45, 2.75) is 51.8 Å². The second-order valence-electron chi connectivity index (χ2n) is 7.90. The van der Waals surface area contributed by atoms with E-state index in [4.69, 9.17) is 14.2 Å². The Morgan fingerprint density at radius 2 is 2.28 bits per heavy atom. The SMILES string of the molecule is COCc1cn2c(Nc3cc([C@@H]4OC[C@H](OC(=O)NC(C)C)[C@@H]4F)[nH]n3)ncc(C)c2n1. The van der Waals surface area contributed by atoms with Gasteiger partial charge in [-0.15, -0.1) is 0 Å². The molecular formula is C20H26FN7O4. The molecule has 3 aromatic heterocycles. The lowest BCUT2D eigenvalue weighted by Crippen LogP contribution is -2.36. The number of H-pyrrole nitrogens is 1. The number of amides is 1. The first-order chi connectivity index (χ1) is 15.4. The highest BCUT2D eigenvalue weighted by Gasteiger charge is 2.42. The van der Waals surface area contributed by atoms with Crippen molar-refractivity contribution >= 4 is 23.5 Å². The number of aromatic amines is 1. The molecule has 4 rings (SSSR count). The molecule has 0 saturated carbocycles. The smallest absolute Gasteiger partial charge is 0.407 e. The molecule has 1 aliphatic rings.